The van der Waals surface area contributed by atoms with Crippen molar-refractivity contribution >= 4 is 5.91 Å². The number of amides is 1. The van der Waals surface area contributed by atoms with E-state index in [1.807, 2.05) is 17.3 Å². The molecule has 2 heterocycles. The Kier molecular flexibility index (Phi) is 5.69. The summed E-state index contributed by atoms with van der Waals surface area (Å²) >= 11 is 0. The van der Waals surface area contributed by atoms with Gasteiger partial charge < -0.3 is 9.47 Å². The van der Waals surface area contributed by atoms with Crippen molar-refractivity contribution in [3.63, 3.8) is 0 Å². The molecule has 0 aliphatic carbocycles. The number of halogens is 2. The van der Waals surface area contributed by atoms with Gasteiger partial charge in [-0.3, -0.25) is 4.79 Å². The Labute approximate surface area is 152 Å². The summed E-state index contributed by atoms with van der Waals surface area (Å²) in [4.78, 5) is 18.8. The van der Waals surface area contributed by atoms with E-state index in [2.05, 4.69) is 23.4 Å². The number of aromatic nitrogens is 2. The van der Waals surface area contributed by atoms with E-state index in [1.54, 1.807) is 0 Å². The van der Waals surface area contributed by atoms with E-state index in [1.165, 1.54) is 12.1 Å². The maximum absolute atomic E-state index is 13.2. The zero-order valence-electron chi connectivity index (χ0n) is 15.3. The average Bonchev–Trinajstić information content (AvgIpc) is 3.12. The van der Waals surface area contributed by atoms with E-state index in [0.29, 0.717) is 43.5 Å². The molecule has 140 valence electrons. The number of hydrogen-bond donors (Lipinski definition) is 0. The third kappa shape index (κ3) is 4.11. The van der Waals surface area contributed by atoms with Gasteiger partial charge in [0.15, 0.2) is 11.6 Å². The summed E-state index contributed by atoms with van der Waals surface area (Å²) in [7, 11) is 0. The van der Waals surface area contributed by atoms with Crippen LogP contribution in [0.15, 0.2) is 30.6 Å². The highest BCUT2D eigenvalue weighted by molar-refractivity contribution is 5.76. The Bertz CT molecular complexity index is 764. The Balaban J connectivity index is 1.52. The molecule has 0 N–H and O–H groups in total. The fraction of sp³-hybridized carbons (Fsp3) is 0.500. The minimum atomic E-state index is -0.864. The first-order valence-electron chi connectivity index (χ1n) is 9.20. The van der Waals surface area contributed by atoms with Gasteiger partial charge in [-0.1, -0.05) is 6.07 Å². The van der Waals surface area contributed by atoms with Crippen LogP contribution in [-0.2, 0) is 11.2 Å². The Hall–Kier alpha value is -2.24. The lowest BCUT2D eigenvalue weighted by molar-refractivity contribution is -0.132. The third-order valence-corrected chi connectivity index (χ3v) is 5.08. The first kappa shape index (κ1) is 18.5. The monoisotopic (exact) mass is 361 g/mol. The standard InChI is InChI=1S/C20H25F2N3O/c1-14(2)25-12-9-23-20(25)16-7-10-24(11-8-16)19(26)6-4-15-3-5-17(21)18(22)13-15/h3,5,9,12-14,16H,4,6-8,10-11H2,1-2H3. The van der Waals surface area contributed by atoms with Crippen LogP contribution in [0.1, 0.15) is 56.5 Å². The van der Waals surface area contributed by atoms with Gasteiger partial charge in [0.25, 0.3) is 0 Å². The number of aryl methyl sites for hydroxylation is 1. The first-order valence-corrected chi connectivity index (χ1v) is 9.20. The van der Waals surface area contributed by atoms with Crippen LogP contribution in [0.4, 0.5) is 8.78 Å². The molecule has 1 saturated heterocycles. The Morgan fingerprint density at radius 2 is 1.96 bits per heavy atom. The van der Waals surface area contributed by atoms with Crippen molar-refractivity contribution in [2.24, 2.45) is 0 Å². The van der Waals surface area contributed by atoms with Gasteiger partial charge in [0.1, 0.15) is 5.82 Å². The number of piperidine rings is 1. The third-order valence-electron chi connectivity index (χ3n) is 5.08. The molecule has 4 nitrogen and oxygen atoms in total. The molecule has 26 heavy (non-hydrogen) atoms. The minimum absolute atomic E-state index is 0.0698. The van der Waals surface area contributed by atoms with Gasteiger partial charge in [0, 0.05) is 43.9 Å². The van der Waals surface area contributed by atoms with Crippen LogP contribution in [0.5, 0.6) is 0 Å². The van der Waals surface area contributed by atoms with Crippen LogP contribution in [-0.4, -0.2) is 33.4 Å². The van der Waals surface area contributed by atoms with Gasteiger partial charge in [0.2, 0.25) is 5.91 Å². The van der Waals surface area contributed by atoms with E-state index in [-0.39, 0.29) is 5.91 Å². The van der Waals surface area contributed by atoms with Crippen molar-refractivity contribution in [3.05, 3.63) is 53.6 Å². The number of hydrogen-bond acceptors (Lipinski definition) is 2. The first-order chi connectivity index (χ1) is 12.5. The smallest absolute Gasteiger partial charge is 0.222 e. The normalized spacial score (nSPS) is 15.7. The molecular weight excluding hydrogens is 336 g/mol. The SMILES string of the molecule is CC(C)n1ccnc1C1CCN(C(=O)CCc2ccc(F)c(F)c2)CC1. The zero-order chi connectivity index (χ0) is 18.7. The maximum Gasteiger partial charge on any atom is 0.222 e. The summed E-state index contributed by atoms with van der Waals surface area (Å²) in [5, 5.41) is 0. The molecule has 0 unspecified atom stereocenters. The summed E-state index contributed by atoms with van der Waals surface area (Å²) in [6, 6.07) is 4.19. The predicted octanol–water partition coefficient (Wildman–Crippen LogP) is 4.08. The van der Waals surface area contributed by atoms with Crippen molar-refractivity contribution in [1.29, 1.82) is 0 Å². The number of carbonyl (C=O) groups excluding carboxylic acids is 1. The maximum atomic E-state index is 13.2. The lowest BCUT2D eigenvalue weighted by Gasteiger charge is -2.32. The van der Waals surface area contributed by atoms with Gasteiger partial charge in [-0.15, -0.1) is 0 Å². The number of nitrogens with zero attached hydrogens (tertiary/aromatic N) is 3. The highest BCUT2D eigenvalue weighted by atomic mass is 19.2. The van der Waals surface area contributed by atoms with E-state index in [0.717, 1.165) is 24.7 Å². The lowest BCUT2D eigenvalue weighted by Crippen LogP contribution is -2.38. The van der Waals surface area contributed by atoms with Crippen LogP contribution in [0.25, 0.3) is 0 Å². The van der Waals surface area contributed by atoms with Crippen molar-refractivity contribution in [3.8, 4) is 0 Å². The second kappa shape index (κ2) is 7.98. The molecule has 6 heteroatoms. The second-order valence-electron chi connectivity index (χ2n) is 7.19. The van der Waals surface area contributed by atoms with Gasteiger partial charge in [-0.05, 0) is 50.8 Å². The van der Waals surface area contributed by atoms with Crippen LogP contribution in [0.3, 0.4) is 0 Å². The van der Waals surface area contributed by atoms with E-state index in [4.69, 9.17) is 0 Å². The largest absolute Gasteiger partial charge is 0.343 e. The molecule has 0 radical (unpaired) electrons. The molecule has 1 aromatic heterocycles. The Morgan fingerprint density at radius 3 is 2.62 bits per heavy atom. The van der Waals surface area contributed by atoms with Gasteiger partial charge >= 0.3 is 0 Å². The molecule has 1 aliphatic rings. The molecule has 1 aromatic carbocycles. The quantitative estimate of drug-likeness (QED) is 0.805. The lowest BCUT2D eigenvalue weighted by atomic mass is 9.95. The zero-order valence-corrected chi connectivity index (χ0v) is 15.3. The highest BCUT2D eigenvalue weighted by Crippen LogP contribution is 2.28. The summed E-state index contributed by atoms with van der Waals surface area (Å²) in [6.07, 6.45) is 6.40. The number of rotatable bonds is 5. The van der Waals surface area contributed by atoms with Crippen LogP contribution >= 0.6 is 0 Å². The molecule has 0 spiro atoms. The van der Waals surface area contributed by atoms with Gasteiger partial charge in [-0.25, -0.2) is 13.8 Å². The van der Waals surface area contributed by atoms with E-state index >= 15 is 0 Å². The summed E-state index contributed by atoms with van der Waals surface area (Å²) in [6.45, 7) is 5.71. The second-order valence-corrected chi connectivity index (χ2v) is 7.19. The highest BCUT2D eigenvalue weighted by Gasteiger charge is 2.26. The number of benzene rings is 1. The van der Waals surface area contributed by atoms with Crippen LogP contribution < -0.4 is 0 Å². The molecule has 0 atom stereocenters. The van der Waals surface area contributed by atoms with Crippen molar-refractivity contribution < 1.29 is 13.6 Å². The summed E-state index contributed by atoms with van der Waals surface area (Å²) < 4.78 is 28.4. The molecule has 0 bridgehead atoms. The summed E-state index contributed by atoms with van der Waals surface area (Å²) in [5.74, 6) is -0.171. The predicted molar refractivity (Wildman–Crippen MR) is 95.8 cm³/mol. The molecule has 0 saturated carbocycles. The molecule has 1 aliphatic heterocycles. The number of carbonyl (C=O) groups is 1. The van der Waals surface area contributed by atoms with Crippen molar-refractivity contribution in [2.75, 3.05) is 13.1 Å². The minimum Gasteiger partial charge on any atom is -0.343 e. The Morgan fingerprint density at radius 1 is 1.23 bits per heavy atom. The van der Waals surface area contributed by atoms with E-state index < -0.39 is 11.6 Å². The fourth-order valence-electron chi connectivity index (χ4n) is 3.57. The van der Waals surface area contributed by atoms with Gasteiger partial charge in [-0.2, -0.15) is 0 Å². The molecule has 1 amide bonds. The molecular formula is C20H25F2N3O. The molecule has 2 aromatic rings. The average molecular weight is 361 g/mol. The van der Waals surface area contributed by atoms with Crippen LogP contribution in [0, 0.1) is 11.6 Å². The number of imidazole rings is 1. The van der Waals surface area contributed by atoms with Crippen molar-refractivity contribution in [1.82, 2.24) is 14.5 Å². The fourth-order valence-corrected chi connectivity index (χ4v) is 3.57. The summed E-state index contributed by atoms with van der Waals surface area (Å²) in [5.41, 5.74) is 0.645. The molecule has 3 rings (SSSR count). The van der Waals surface area contributed by atoms with Gasteiger partial charge in [0.05, 0.1) is 0 Å². The number of likely N-dealkylation sites (tertiary alicyclic amines) is 1. The van der Waals surface area contributed by atoms with Crippen LogP contribution in [0.2, 0.25) is 0 Å². The topological polar surface area (TPSA) is 38.1 Å². The molecule has 1 fully saturated rings. The van der Waals surface area contributed by atoms with E-state index in [9.17, 15) is 13.6 Å². The van der Waals surface area contributed by atoms with Crippen molar-refractivity contribution in [2.45, 2.75) is 51.5 Å².